The Morgan fingerprint density at radius 2 is 2.12 bits per heavy atom. The molecular weight excluding hydrogens is 202 g/mol. The second-order valence-electron chi connectivity index (χ2n) is 4.01. The Labute approximate surface area is 93.9 Å². The van der Waals surface area contributed by atoms with Crippen LogP contribution in [0.4, 0.5) is 5.82 Å². The molecule has 0 saturated heterocycles. The molecule has 0 unspecified atom stereocenters. The predicted molar refractivity (Wildman–Crippen MR) is 65.9 cm³/mol. The maximum absolute atomic E-state index is 11.8. The Bertz CT molecular complexity index is 572. The van der Waals surface area contributed by atoms with Gasteiger partial charge in [0, 0.05) is 36.8 Å². The van der Waals surface area contributed by atoms with Gasteiger partial charge in [0.2, 0.25) is 0 Å². The fraction of sp³-hybridized carbons (Fsp3) is 0.333. The third kappa shape index (κ3) is 1.66. The molecule has 0 saturated carbocycles. The molecule has 0 aliphatic carbocycles. The van der Waals surface area contributed by atoms with E-state index < -0.39 is 0 Å². The lowest BCUT2D eigenvalue weighted by Crippen LogP contribution is -2.21. The first-order valence-electron chi connectivity index (χ1n) is 5.32. The molecule has 2 heterocycles. The smallest absolute Gasteiger partial charge is 0.251 e. The number of rotatable bonds is 2. The second kappa shape index (κ2) is 3.96. The average molecular weight is 217 g/mol. The van der Waals surface area contributed by atoms with Crippen molar-refractivity contribution < 1.29 is 0 Å². The molecule has 0 aliphatic heterocycles. The van der Waals surface area contributed by atoms with Gasteiger partial charge >= 0.3 is 0 Å². The number of pyridine rings is 2. The van der Waals surface area contributed by atoms with Crippen LogP contribution in [0.2, 0.25) is 0 Å². The first kappa shape index (κ1) is 10.7. The molecule has 0 aliphatic rings. The molecular formula is C12H15N3O. The van der Waals surface area contributed by atoms with Crippen LogP contribution >= 0.6 is 0 Å². The third-order valence-electron chi connectivity index (χ3n) is 2.59. The molecule has 2 rings (SSSR count). The van der Waals surface area contributed by atoms with E-state index in [0.29, 0.717) is 0 Å². The average Bonchev–Trinajstić information content (AvgIpc) is 2.27. The van der Waals surface area contributed by atoms with Crippen LogP contribution in [-0.4, -0.2) is 16.6 Å². The van der Waals surface area contributed by atoms with E-state index in [1.165, 1.54) is 0 Å². The van der Waals surface area contributed by atoms with E-state index in [0.717, 1.165) is 16.7 Å². The number of nitrogens with one attached hydrogen (secondary N) is 1. The molecule has 2 aromatic heterocycles. The van der Waals surface area contributed by atoms with Gasteiger partial charge in [0.05, 0.1) is 5.52 Å². The summed E-state index contributed by atoms with van der Waals surface area (Å²) >= 11 is 0. The van der Waals surface area contributed by atoms with Gasteiger partial charge in [0.1, 0.15) is 5.82 Å². The van der Waals surface area contributed by atoms with E-state index in [9.17, 15) is 4.79 Å². The molecule has 0 fully saturated rings. The first-order chi connectivity index (χ1) is 7.63. The van der Waals surface area contributed by atoms with Crippen molar-refractivity contribution in [3.8, 4) is 0 Å². The van der Waals surface area contributed by atoms with Gasteiger partial charge in [-0.1, -0.05) is 0 Å². The zero-order valence-corrected chi connectivity index (χ0v) is 9.69. The minimum atomic E-state index is 0.0238. The summed E-state index contributed by atoms with van der Waals surface area (Å²) in [5.41, 5.74) is 0.942. The Kier molecular flexibility index (Phi) is 2.64. The molecule has 0 aromatic carbocycles. The fourth-order valence-corrected chi connectivity index (χ4v) is 1.82. The van der Waals surface area contributed by atoms with Gasteiger partial charge < -0.3 is 9.88 Å². The lowest BCUT2D eigenvalue weighted by Gasteiger charge is -2.13. The fourth-order valence-electron chi connectivity index (χ4n) is 1.82. The van der Waals surface area contributed by atoms with E-state index in [4.69, 9.17) is 0 Å². The maximum atomic E-state index is 11.8. The summed E-state index contributed by atoms with van der Waals surface area (Å²) in [6.07, 6.45) is 1.78. The highest BCUT2D eigenvalue weighted by Gasteiger charge is 2.07. The number of aromatic nitrogens is 2. The Morgan fingerprint density at radius 1 is 1.38 bits per heavy atom. The highest BCUT2D eigenvalue weighted by atomic mass is 16.1. The monoisotopic (exact) mass is 217 g/mol. The zero-order valence-electron chi connectivity index (χ0n) is 9.69. The maximum Gasteiger partial charge on any atom is 0.251 e. The van der Waals surface area contributed by atoms with Gasteiger partial charge in [-0.05, 0) is 19.9 Å². The molecule has 4 heteroatoms. The van der Waals surface area contributed by atoms with E-state index in [1.54, 1.807) is 16.8 Å². The number of hydrogen-bond acceptors (Lipinski definition) is 3. The number of anilines is 1. The number of fused-ring (bicyclic) bond motifs is 1. The van der Waals surface area contributed by atoms with Crippen LogP contribution in [0, 0.1) is 0 Å². The highest BCUT2D eigenvalue weighted by Crippen LogP contribution is 2.17. The first-order valence-corrected chi connectivity index (χ1v) is 5.32. The van der Waals surface area contributed by atoms with Gasteiger partial charge in [-0.15, -0.1) is 0 Å². The van der Waals surface area contributed by atoms with Gasteiger partial charge in [0.25, 0.3) is 5.56 Å². The number of hydrogen-bond donors (Lipinski definition) is 1. The third-order valence-corrected chi connectivity index (χ3v) is 2.59. The largest absolute Gasteiger partial charge is 0.373 e. The van der Waals surface area contributed by atoms with Gasteiger partial charge in [-0.2, -0.15) is 0 Å². The lowest BCUT2D eigenvalue weighted by molar-refractivity contribution is 0.600. The van der Waals surface area contributed by atoms with E-state index in [1.807, 2.05) is 33.0 Å². The summed E-state index contributed by atoms with van der Waals surface area (Å²) < 4.78 is 1.78. The number of nitrogens with zero attached hydrogens (tertiary/aromatic N) is 2. The van der Waals surface area contributed by atoms with Crippen molar-refractivity contribution in [2.45, 2.75) is 19.9 Å². The van der Waals surface area contributed by atoms with E-state index in [-0.39, 0.29) is 11.6 Å². The molecule has 2 aromatic rings. The minimum absolute atomic E-state index is 0.0238. The normalized spacial score (nSPS) is 11.0. The minimum Gasteiger partial charge on any atom is -0.373 e. The van der Waals surface area contributed by atoms with Crippen LogP contribution in [0.1, 0.15) is 19.9 Å². The SMILES string of the molecule is CNc1cc2c(ccc(=O)n2C(C)C)cn1. The molecule has 0 bridgehead atoms. The molecule has 0 atom stereocenters. The summed E-state index contributed by atoms with van der Waals surface area (Å²) in [5.74, 6) is 0.771. The van der Waals surface area contributed by atoms with Crippen LogP contribution < -0.4 is 10.9 Å². The second-order valence-corrected chi connectivity index (χ2v) is 4.01. The zero-order chi connectivity index (χ0) is 11.7. The van der Waals surface area contributed by atoms with Gasteiger partial charge in [-0.3, -0.25) is 4.79 Å². The Balaban J connectivity index is 2.83. The Morgan fingerprint density at radius 3 is 2.75 bits per heavy atom. The summed E-state index contributed by atoms with van der Waals surface area (Å²) in [7, 11) is 1.81. The van der Waals surface area contributed by atoms with E-state index >= 15 is 0 Å². The van der Waals surface area contributed by atoms with Crippen molar-refractivity contribution in [2.75, 3.05) is 12.4 Å². The summed E-state index contributed by atoms with van der Waals surface area (Å²) in [5, 5.41) is 3.96. The van der Waals surface area contributed by atoms with Crippen LogP contribution in [0.5, 0.6) is 0 Å². The topological polar surface area (TPSA) is 46.9 Å². The van der Waals surface area contributed by atoms with Crippen molar-refractivity contribution in [2.24, 2.45) is 0 Å². The lowest BCUT2D eigenvalue weighted by atomic mass is 10.2. The summed E-state index contributed by atoms with van der Waals surface area (Å²) in [4.78, 5) is 16.0. The summed E-state index contributed by atoms with van der Waals surface area (Å²) in [6, 6.07) is 5.44. The standard InChI is InChI=1S/C12H15N3O/c1-8(2)15-10-6-11(13-3)14-7-9(10)4-5-12(15)16/h4-8H,1-3H3,(H,13,14). The quantitative estimate of drug-likeness (QED) is 0.837. The van der Waals surface area contributed by atoms with Crippen molar-refractivity contribution in [3.63, 3.8) is 0 Å². The van der Waals surface area contributed by atoms with Crippen LogP contribution in [0.15, 0.2) is 29.2 Å². The highest BCUT2D eigenvalue weighted by molar-refractivity contribution is 5.80. The van der Waals surface area contributed by atoms with Crippen molar-refractivity contribution >= 4 is 16.7 Å². The van der Waals surface area contributed by atoms with Crippen molar-refractivity contribution in [1.29, 1.82) is 0 Å². The molecule has 1 N–H and O–H groups in total. The molecule has 84 valence electrons. The van der Waals surface area contributed by atoms with E-state index in [2.05, 4.69) is 10.3 Å². The molecule has 0 spiro atoms. The summed E-state index contributed by atoms with van der Waals surface area (Å²) in [6.45, 7) is 4.00. The van der Waals surface area contributed by atoms with Crippen LogP contribution in [-0.2, 0) is 0 Å². The van der Waals surface area contributed by atoms with Crippen molar-refractivity contribution in [1.82, 2.24) is 9.55 Å². The molecule has 0 amide bonds. The van der Waals surface area contributed by atoms with Crippen LogP contribution in [0.3, 0.4) is 0 Å². The molecule has 0 radical (unpaired) electrons. The molecule has 4 nitrogen and oxygen atoms in total. The molecule has 16 heavy (non-hydrogen) atoms. The van der Waals surface area contributed by atoms with Crippen LogP contribution in [0.25, 0.3) is 10.9 Å². The van der Waals surface area contributed by atoms with Gasteiger partial charge in [0.15, 0.2) is 0 Å². The van der Waals surface area contributed by atoms with Gasteiger partial charge in [-0.25, -0.2) is 4.98 Å². The Hall–Kier alpha value is -1.84. The predicted octanol–water partition coefficient (Wildman–Crippen LogP) is 2.02. The van der Waals surface area contributed by atoms with Crippen molar-refractivity contribution in [3.05, 3.63) is 34.7 Å².